The predicted octanol–water partition coefficient (Wildman–Crippen LogP) is 12.2. The summed E-state index contributed by atoms with van der Waals surface area (Å²) in [4.78, 5) is 5.24. The first-order chi connectivity index (χ1) is 23.4. The monoisotopic (exact) mass is 628 g/mol. The number of pyridine rings is 1. The molecule has 0 bridgehead atoms. The van der Waals surface area contributed by atoms with Crippen molar-refractivity contribution in [2.24, 2.45) is 0 Å². The van der Waals surface area contributed by atoms with Crippen molar-refractivity contribution in [3.05, 3.63) is 145 Å². The number of alkyl halides is 3. The van der Waals surface area contributed by atoms with Crippen molar-refractivity contribution in [3.63, 3.8) is 0 Å². The minimum atomic E-state index is -4.40. The summed E-state index contributed by atoms with van der Waals surface area (Å²) in [5.41, 5.74) is 7.32. The molecule has 10 rings (SSSR count). The molecule has 0 fully saturated rings. The first-order valence-corrected chi connectivity index (χ1v) is 15.7. The lowest BCUT2D eigenvalue weighted by atomic mass is 9.93. The maximum Gasteiger partial charge on any atom is 0.416 e. The molecule has 3 nitrogen and oxygen atoms in total. The highest BCUT2D eigenvalue weighted by atomic mass is 19.4. The largest absolute Gasteiger partial charge is 0.456 e. The van der Waals surface area contributed by atoms with E-state index in [4.69, 9.17) is 9.40 Å². The van der Waals surface area contributed by atoms with E-state index in [2.05, 4.69) is 60.7 Å². The molecular formula is C42H23F3N2O. The van der Waals surface area contributed by atoms with E-state index in [0.717, 1.165) is 99.6 Å². The molecule has 0 N–H and O–H groups in total. The Hall–Kier alpha value is -6.14. The summed E-state index contributed by atoms with van der Waals surface area (Å²) in [6.07, 6.45) is -4.40. The van der Waals surface area contributed by atoms with Gasteiger partial charge in [0.05, 0.1) is 27.6 Å². The molecule has 0 saturated carbocycles. The first-order valence-electron chi connectivity index (χ1n) is 15.7. The molecule has 48 heavy (non-hydrogen) atoms. The van der Waals surface area contributed by atoms with Crippen molar-refractivity contribution in [2.45, 2.75) is 6.18 Å². The molecule has 0 spiro atoms. The molecular weight excluding hydrogens is 605 g/mol. The molecule has 3 heterocycles. The SMILES string of the molecule is FC(F)(F)c1ccc(-n2c3ccccc3c3cc(-c4cc5cc6oc7ccccc7c6cc5c5cc6ccccc6nc45)ccc32)cc1. The number of nitrogens with zero attached hydrogens (tertiary/aromatic N) is 2. The molecule has 228 valence electrons. The van der Waals surface area contributed by atoms with E-state index in [1.54, 1.807) is 0 Å². The van der Waals surface area contributed by atoms with Crippen LogP contribution in [0.4, 0.5) is 13.2 Å². The minimum Gasteiger partial charge on any atom is -0.456 e. The van der Waals surface area contributed by atoms with Crippen LogP contribution in [0.3, 0.4) is 0 Å². The predicted molar refractivity (Wildman–Crippen MR) is 189 cm³/mol. The second-order valence-corrected chi connectivity index (χ2v) is 12.3. The van der Waals surface area contributed by atoms with Crippen LogP contribution in [0.2, 0.25) is 0 Å². The van der Waals surface area contributed by atoms with Gasteiger partial charge in [-0.05, 0) is 95.2 Å². The Balaban J connectivity index is 1.26. The van der Waals surface area contributed by atoms with Crippen LogP contribution in [0.5, 0.6) is 0 Å². The Morgan fingerprint density at radius 1 is 0.521 bits per heavy atom. The summed E-state index contributed by atoms with van der Waals surface area (Å²) in [6, 6.07) is 44.7. The number of fused-ring (bicyclic) bond motifs is 10. The molecule has 3 aromatic heterocycles. The lowest BCUT2D eigenvalue weighted by Crippen LogP contribution is -2.05. The summed E-state index contributed by atoms with van der Waals surface area (Å²) < 4.78 is 48.4. The van der Waals surface area contributed by atoms with Gasteiger partial charge in [0, 0.05) is 43.6 Å². The maximum absolute atomic E-state index is 13.4. The average molecular weight is 629 g/mol. The van der Waals surface area contributed by atoms with Crippen molar-refractivity contribution in [3.8, 4) is 16.8 Å². The quantitative estimate of drug-likeness (QED) is 0.141. The zero-order chi connectivity index (χ0) is 32.1. The number of hydrogen-bond acceptors (Lipinski definition) is 2. The van der Waals surface area contributed by atoms with E-state index in [0.29, 0.717) is 5.69 Å². The standard InChI is InChI=1S/C42H23F3N2O/c43-42(44,45)27-14-16-28(17-15-27)47-37-11-5-2-8-29(37)33-19-24(13-18-38(33)47)32-21-26-22-40-34(30-9-3-6-12-39(30)48-40)23-31(26)35-20-25-7-1-4-10-36(25)46-41(32)35/h1-23H. The molecule has 6 heteroatoms. The minimum absolute atomic E-state index is 0.668. The van der Waals surface area contributed by atoms with Gasteiger partial charge in [0.15, 0.2) is 0 Å². The topological polar surface area (TPSA) is 31.0 Å². The van der Waals surface area contributed by atoms with Gasteiger partial charge >= 0.3 is 6.18 Å². The van der Waals surface area contributed by atoms with Gasteiger partial charge in [0.1, 0.15) is 11.2 Å². The van der Waals surface area contributed by atoms with Crippen LogP contribution in [-0.2, 0) is 6.18 Å². The fourth-order valence-electron chi connectivity index (χ4n) is 7.33. The Morgan fingerprint density at radius 2 is 1.27 bits per heavy atom. The summed E-state index contributed by atoms with van der Waals surface area (Å²) in [5.74, 6) is 0. The highest BCUT2D eigenvalue weighted by Gasteiger charge is 2.30. The maximum atomic E-state index is 13.4. The van der Waals surface area contributed by atoms with Crippen LogP contribution >= 0.6 is 0 Å². The van der Waals surface area contributed by atoms with E-state index >= 15 is 0 Å². The second kappa shape index (κ2) is 9.69. The molecule has 0 aliphatic rings. The lowest BCUT2D eigenvalue weighted by Gasteiger charge is -2.13. The van der Waals surface area contributed by atoms with Crippen LogP contribution in [-0.4, -0.2) is 9.55 Å². The number of aromatic nitrogens is 2. The number of hydrogen-bond donors (Lipinski definition) is 0. The van der Waals surface area contributed by atoms with Gasteiger partial charge in [-0.15, -0.1) is 0 Å². The van der Waals surface area contributed by atoms with Gasteiger partial charge in [-0.3, -0.25) is 0 Å². The third-order valence-corrected chi connectivity index (χ3v) is 9.55. The van der Waals surface area contributed by atoms with E-state index in [1.807, 2.05) is 59.2 Å². The Bertz CT molecular complexity index is 2930. The molecule has 0 aliphatic carbocycles. The molecule has 0 aliphatic heterocycles. The third kappa shape index (κ3) is 3.92. The number of rotatable bonds is 2. The van der Waals surface area contributed by atoms with Gasteiger partial charge in [-0.25, -0.2) is 4.98 Å². The van der Waals surface area contributed by atoms with Gasteiger partial charge in [-0.2, -0.15) is 13.2 Å². The Morgan fingerprint density at radius 3 is 2.12 bits per heavy atom. The van der Waals surface area contributed by atoms with Crippen LogP contribution in [0.15, 0.2) is 144 Å². The van der Waals surface area contributed by atoms with Crippen LogP contribution in [0.25, 0.3) is 93.1 Å². The van der Waals surface area contributed by atoms with Crippen molar-refractivity contribution in [1.82, 2.24) is 9.55 Å². The molecule has 0 atom stereocenters. The number of benzene rings is 7. The fourth-order valence-corrected chi connectivity index (χ4v) is 7.33. The van der Waals surface area contributed by atoms with Crippen LogP contribution in [0.1, 0.15) is 5.56 Å². The van der Waals surface area contributed by atoms with Gasteiger partial charge in [-0.1, -0.05) is 60.7 Å². The summed E-state index contributed by atoms with van der Waals surface area (Å²) in [6.45, 7) is 0. The van der Waals surface area contributed by atoms with E-state index in [-0.39, 0.29) is 0 Å². The molecule has 7 aromatic carbocycles. The van der Waals surface area contributed by atoms with Crippen molar-refractivity contribution < 1.29 is 17.6 Å². The van der Waals surface area contributed by atoms with Gasteiger partial charge < -0.3 is 8.98 Å². The normalized spacial score (nSPS) is 12.5. The zero-order valence-electron chi connectivity index (χ0n) is 25.2. The van der Waals surface area contributed by atoms with E-state index in [9.17, 15) is 13.2 Å². The zero-order valence-corrected chi connectivity index (χ0v) is 25.2. The summed E-state index contributed by atoms with van der Waals surface area (Å²) in [5, 5.41) is 8.44. The lowest BCUT2D eigenvalue weighted by molar-refractivity contribution is -0.137. The highest BCUT2D eigenvalue weighted by Crippen LogP contribution is 2.42. The number of halogens is 3. The molecule has 0 saturated heterocycles. The smallest absolute Gasteiger partial charge is 0.416 e. The Kier molecular flexibility index (Phi) is 5.45. The molecule has 0 radical (unpaired) electrons. The first kappa shape index (κ1) is 27.0. The van der Waals surface area contributed by atoms with Gasteiger partial charge in [0.2, 0.25) is 0 Å². The van der Waals surface area contributed by atoms with Crippen molar-refractivity contribution >= 4 is 76.3 Å². The van der Waals surface area contributed by atoms with Crippen molar-refractivity contribution in [1.29, 1.82) is 0 Å². The molecule has 10 aromatic rings. The average Bonchev–Trinajstić information content (AvgIpc) is 3.64. The van der Waals surface area contributed by atoms with Gasteiger partial charge in [0.25, 0.3) is 0 Å². The van der Waals surface area contributed by atoms with Crippen LogP contribution in [0, 0.1) is 0 Å². The number of para-hydroxylation sites is 3. The highest BCUT2D eigenvalue weighted by molar-refractivity contribution is 6.20. The third-order valence-electron chi connectivity index (χ3n) is 9.55. The van der Waals surface area contributed by atoms with E-state index in [1.165, 1.54) is 12.1 Å². The molecule has 0 unspecified atom stereocenters. The van der Waals surface area contributed by atoms with E-state index < -0.39 is 11.7 Å². The summed E-state index contributed by atoms with van der Waals surface area (Å²) in [7, 11) is 0. The fraction of sp³-hybridized carbons (Fsp3) is 0.0238. The second-order valence-electron chi connectivity index (χ2n) is 12.3. The molecule has 0 amide bonds. The number of furan rings is 1. The van der Waals surface area contributed by atoms with Crippen molar-refractivity contribution in [2.75, 3.05) is 0 Å². The van der Waals surface area contributed by atoms with Crippen LogP contribution < -0.4 is 0 Å². The Labute approximate surface area is 271 Å². The summed E-state index contributed by atoms with van der Waals surface area (Å²) >= 11 is 0.